The van der Waals surface area contributed by atoms with Crippen LogP contribution in [0.15, 0.2) is 39.5 Å². The largest absolute Gasteiger partial charge is 0.504 e. The molecular formula is C17H14O7. The molecule has 7 heteroatoms. The van der Waals surface area contributed by atoms with Gasteiger partial charge in [0, 0.05) is 11.6 Å². The Kier molecular flexibility index (Phi) is 3.69. The first-order chi connectivity index (χ1) is 11.5. The van der Waals surface area contributed by atoms with Gasteiger partial charge in [-0.2, -0.15) is 0 Å². The second-order valence-electron chi connectivity index (χ2n) is 4.99. The smallest absolute Gasteiger partial charge is 0.238 e. The zero-order chi connectivity index (χ0) is 17.4. The van der Waals surface area contributed by atoms with Crippen molar-refractivity contribution in [2.24, 2.45) is 0 Å². The van der Waals surface area contributed by atoms with Crippen LogP contribution in [0, 0.1) is 0 Å². The minimum atomic E-state index is -0.843. The molecule has 1 aromatic heterocycles. The highest BCUT2D eigenvalue weighted by atomic mass is 16.5. The minimum absolute atomic E-state index is 0.0913. The highest BCUT2D eigenvalue weighted by Gasteiger charge is 2.22. The zero-order valence-electron chi connectivity index (χ0n) is 12.9. The van der Waals surface area contributed by atoms with E-state index in [-0.39, 0.29) is 22.5 Å². The first kappa shape index (κ1) is 15.5. The predicted octanol–water partition coefficient (Wildman–Crippen LogP) is 2.59. The molecule has 0 saturated carbocycles. The molecule has 3 aromatic rings. The Balaban J connectivity index is 2.36. The summed E-state index contributed by atoms with van der Waals surface area (Å²) >= 11 is 0. The fourth-order valence-electron chi connectivity index (χ4n) is 2.45. The number of fused-ring (bicyclic) bond motifs is 1. The van der Waals surface area contributed by atoms with Crippen LogP contribution < -0.4 is 14.9 Å². The number of rotatable bonds is 3. The normalized spacial score (nSPS) is 10.8. The molecule has 3 N–H and O–H groups in total. The van der Waals surface area contributed by atoms with Gasteiger partial charge in [0.15, 0.2) is 17.3 Å². The molecule has 3 rings (SSSR count). The third-order valence-corrected chi connectivity index (χ3v) is 3.60. The number of hydrogen-bond donors (Lipinski definition) is 3. The molecular weight excluding hydrogens is 316 g/mol. The average molecular weight is 330 g/mol. The Bertz CT molecular complexity index is 988. The van der Waals surface area contributed by atoms with Crippen molar-refractivity contribution >= 4 is 11.0 Å². The monoisotopic (exact) mass is 330 g/mol. The van der Waals surface area contributed by atoms with Crippen molar-refractivity contribution < 1.29 is 29.2 Å². The molecule has 0 atom stereocenters. The standard InChI is InChI=1S/C17H14O7/c1-22-9-5-3-4-8(6-9)16-15(21)13(19)12-11(24-16)7-10(18)17(23-2)14(12)20/h3-7,18,20-21H,1-2H3. The molecule has 0 saturated heterocycles. The summed E-state index contributed by atoms with van der Waals surface area (Å²) in [5.41, 5.74) is -0.531. The van der Waals surface area contributed by atoms with E-state index in [1.165, 1.54) is 14.2 Å². The summed E-state index contributed by atoms with van der Waals surface area (Å²) in [5.74, 6) is -1.53. The van der Waals surface area contributed by atoms with Gasteiger partial charge in [0.1, 0.15) is 16.7 Å². The third-order valence-electron chi connectivity index (χ3n) is 3.60. The van der Waals surface area contributed by atoms with Gasteiger partial charge in [0.25, 0.3) is 0 Å². The molecule has 1 heterocycles. The van der Waals surface area contributed by atoms with Crippen LogP contribution in [-0.4, -0.2) is 29.5 Å². The summed E-state index contributed by atoms with van der Waals surface area (Å²) in [5, 5.41) is 29.9. The Morgan fingerprint density at radius 1 is 1.00 bits per heavy atom. The van der Waals surface area contributed by atoms with Crippen LogP contribution in [0.2, 0.25) is 0 Å². The van der Waals surface area contributed by atoms with Gasteiger partial charge >= 0.3 is 0 Å². The first-order valence-corrected chi connectivity index (χ1v) is 6.91. The van der Waals surface area contributed by atoms with E-state index in [1.807, 2.05) is 0 Å². The van der Waals surface area contributed by atoms with E-state index in [2.05, 4.69) is 0 Å². The van der Waals surface area contributed by atoms with Crippen LogP contribution in [0.25, 0.3) is 22.3 Å². The molecule has 24 heavy (non-hydrogen) atoms. The summed E-state index contributed by atoms with van der Waals surface area (Å²) in [7, 11) is 2.71. The zero-order valence-corrected chi connectivity index (χ0v) is 12.9. The lowest BCUT2D eigenvalue weighted by molar-refractivity contribution is 0.346. The molecule has 2 aromatic carbocycles. The van der Waals surface area contributed by atoms with Crippen molar-refractivity contribution in [2.75, 3.05) is 14.2 Å². The Morgan fingerprint density at radius 2 is 1.75 bits per heavy atom. The van der Waals surface area contributed by atoms with Gasteiger partial charge in [-0.3, -0.25) is 4.79 Å². The van der Waals surface area contributed by atoms with Crippen molar-refractivity contribution in [2.45, 2.75) is 0 Å². The van der Waals surface area contributed by atoms with Crippen LogP contribution in [-0.2, 0) is 0 Å². The number of phenolic OH excluding ortho intramolecular Hbond substituents is 2. The lowest BCUT2D eigenvalue weighted by atomic mass is 10.1. The third kappa shape index (κ3) is 2.26. The van der Waals surface area contributed by atoms with Crippen LogP contribution in [0.3, 0.4) is 0 Å². The first-order valence-electron chi connectivity index (χ1n) is 6.91. The number of aromatic hydroxyl groups is 3. The number of hydrogen-bond acceptors (Lipinski definition) is 7. The molecule has 0 fully saturated rings. The number of ether oxygens (including phenoxy) is 2. The summed E-state index contributed by atoms with van der Waals surface area (Å²) in [6.07, 6.45) is 0. The van der Waals surface area contributed by atoms with Gasteiger partial charge in [0.2, 0.25) is 16.9 Å². The number of methoxy groups -OCH3 is 2. The predicted molar refractivity (Wildman–Crippen MR) is 86.0 cm³/mol. The second-order valence-corrected chi connectivity index (χ2v) is 4.99. The van der Waals surface area contributed by atoms with Gasteiger partial charge < -0.3 is 29.2 Å². The van der Waals surface area contributed by atoms with E-state index >= 15 is 0 Å². The Hall–Kier alpha value is -3.35. The van der Waals surface area contributed by atoms with Crippen LogP contribution in [0.4, 0.5) is 0 Å². The Labute approximate surface area is 135 Å². The van der Waals surface area contributed by atoms with Crippen molar-refractivity contribution in [1.29, 1.82) is 0 Å². The maximum atomic E-state index is 12.4. The van der Waals surface area contributed by atoms with E-state index in [9.17, 15) is 20.1 Å². The quantitative estimate of drug-likeness (QED) is 0.677. The van der Waals surface area contributed by atoms with Crippen LogP contribution in [0.1, 0.15) is 0 Å². The minimum Gasteiger partial charge on any atom is -0.504 e. The van der Waals surface area contributed by atoms with Crippen molar-refractivity contribution in [3.05, 3.63) is 40.6 Å². The SMILES string of the molecule is COc1cccc(-c2oc3cc(O)c(OC)c(O)c3c(=O)c2O)c1. The van der Waals surface area contributed by atoms with E-state index in [0.29, 0.717) is 11.3 Å². The molecule has 0 aliphatic heterocycles. The molecule has 0 aliphatic rings. The maximum absolute atomic E-state index is 12.4. The maximum Gasteiger partial charge on any atom is 0.238 e. The summed E-state index contributed by atoms with van der Waals surface area (Å²) in [6, 6.07) is 7.70. The fourth-order valence-corrected chi connectivity index (χ4v) is 2.45. The molecule has 124 valence electrons. The van der Waals surface area contributed by atoms with Gasteiger partial charge in [-0.15, -0.1) is 0 Å². The molecule has 0 aliphatic carbocycles. The molecule has 7 nitrogen and oxygen atoms in total. The van der Waals surface area contributed by atoms with Crippen LogP contribution >= 0.6 is 0 Å². The summed E-state index contributed by atoms with van der Waals surface area (Å²) in [4.78, 5) is 12.4. The topological polar surface area (TPSA) is 109 Å². The fraction of sp³-hybridized carbons (Fsp3) is 0.118. The second kappa shape index (κ2) is 5.69. The number of phenols is 2. The summed E-state index contributed by atoms with van der Waals surface area (Å²) < 4.78 is 15.5. The number of benzene rings is 2. The van der Waals surface area contributed by atoms with Gasteiger partial charge in [-0.25, -0.2) is 0 Å². The van der Waals surface area contributed by atoms with Gasteiger partial charge in [-0.05, 0) is 12.1 Å². The van der Waals surface area contributed by atoms with Gasteiger partial charge in [-0.1, -0.05) is 12.1 Å². The Morgan fingerprint density at radius 3 is 2.42 bits per heavy atom. The molecule has 0 unspecified atom stereocenters. The van der Waals surface area contributed by atoms with Crippen molar-refractivity contribution in [3.8, 4) is 40.1 Å². The van der Waals surface area contributed by atoms with E-state index in [0.717, 1.165) is 6.07 Å². The lowest BCUT2D eigenvalue weighted by Crippen LogP contribution is -2.04. The summed E-state index contributed by atoms with van der Waals surface area (Å²) in [6.45, 7) is 0. The molecule has 0 amide bonds. The van der Waals surface area contributed by atoms with Gasteiger partial charge in [0.05, 0.1) is 14.2 Å². The van der Waals surface area contributed by atoms with Crippen molar-refractivity contribution in [3.63, 3.8) is 0 Å². The molecule has 0 bridgehead atoms. The average Bonchev–Trinajstić information content (AvgIpc) is 2.58. The highest BCUT2D eigenvalue weighted by Crippen LogP contribution is 2.43. The van der Waals surface area contributed by atoms with E-state index < -0.39 is 22.7 Å². The van der Waals surface area contributed by atoms with Crippen LogP contribution in [0.5, 0.6) is 28.7 Å². The lowest BCUT2D eigenvalue weighted by Gasteiger charge is -2.11. The van der Waals surface area contributed by atoms with E-state index in [4.69, 9.17) is 13.9 Å². The molecule has 0 radical (unpaired) electrons. The van der Waals surface area contributed by atoms with Crippen molar-refractivity contribution in [1.82, 2.24) is 0 Å². The molecule has 0 spiro atoms. The highest BCUT2D eigenvalue weighted by molar-refractivity contribution is 5.91. The van der Waals surface area contributed by atoms with E-state index in [1.54, 1.807) is 24.3 Å².